The second-order valence-corrected chi connectivity index (χ2v) is 10.4. The van der Waals surface area contributed by atoms with Crippen molar-refractivity contribution in [3.8, 4) is 11.1 Å². The van der Waals surface area contributed by atoms with Crippen molar-refractivity contribution in [3.63, 3.8) is 0 Å². The van der Waals surface area contributed by atoms with E-state index >= 15 is 0 Å². The van der Waals surface area contributed by atoms with Gasteiger partial charge in [-0.2, -0.15) is 10.0 Å². The second kappa shape index (κ2) is 4.34. The van der Waals surface area contributed by atoms with Crippen LogP contribution >= 0.6 is 21.6 Å². The predicted molar refractivity (Wildman–Crippen MR) is 100 cm³/mol. The van der Waals surface area contributed by atoms with Gasteiger partial charge in [0.2, 0.25) is 0 Å². The van der Waals surface area contributed by atoms with Crippen LogP contribution in [0.1, 0.15) is 0 Å². The first kappa shape index (κ1) is 13.5. The number of halogens is 1. The van der Waals surface area contributed by atoms with Crippen LogP contribution in [0.5, 0.6) is 0 Å². The van der Waals surface area contributed by atoms with Crippen molar-refractivity contribution in [2.24, 2.45) is 0 Å². The molecule has 0 amide bonds. The van der Waals surface area contributed by atoms with Gasteiger partial charge in [0.25, 0.3) is 0 Å². The molecule has 0 radical (unpaired) electrons. The summed E-state index contributed by atoms with van der Waals surface area (Å²) in [6.45, 7) is 0. The Labute approximate surface area is 141 Å². The Kier molecular flexibility index (Phi) is 2.55. The summed E-state index contributed by atoms with van der Waals surface area (Å²) < 4.78 is 6.26. The Morgan fingerprint density at radius 1 is 0.870 bits per heavy atom. The predicted octanol–water partition coefficient (Wildman–Crippen LogP) is 6.70. The van der Waals surface area contributed by atoms with Crippen LogP contribution in [0.15, 0.2) is 68.8 Å². The van der Waals surface area contributed by atoms with Crippen LogP contribution in [0.3, 0.4) is 0 Å². The fourth-order valence-corrected chi connectivity index (χ4v) is 6.36. The summed E-state index contributed by atoms with van der Waals surface area (Å²) in [6, 6.07) is 19.0. The van der Waals surface area contributed by atoms with E-state index in [-0.39, 0.29) is 0 Å². The molecular formula is C20H15ClOS. The van der Waals surface area contributed by atoms with Crippen LogP contribution in [-0.4, -0.2) is 12.5 Å². The van der Waals surface area contributed by atoms with Crippen LogP contribution in [-0.2, 0) is 0 Å². The van der Waals surface area contributed by atoms with E-state index in [0.29, 0.717) is 0 Å². The number of hydrogen-bond donors (Lipinski definition) is 0. The minimum atomic E-state index is -1.03. The van der Waals surface area contributed by atoms with Gasteiger partial charge in [0.15, 0.2) is 0 Å². The van der Waals surface area contributed by atoms with E-state index in [1.165, 1.54) is 31.7 Å². The van der Waals surface area contributed by atoms with Gasteiger partial charge >= 0.3 is 0 Å². The number of benzene rings is 3. The molecule has 1 aliphatic rings. The van der Waals surface area contributed by atoms with Crippen LogP contribution in [0.25, 0.3) is 33.1 Å². The third kappa shape index (κ3) is 1.65. The van der Waals surface area contributed by atoms with Crippen molar-refractivity contribution < 1.29 is 4.42 Å². The van der Waals surface area contributed by atoms with E-state index < -0.39 is 10.0 Å². The minimum absolute atomic E-state index is 0.778. The highest BCUT2D eigenvalue weighted by molar-refractivity contribution is 8.33. The Morgan fingerprint density at radius 3 is 2.52 bits per heavy atom. The highest BCUT2D eigenvalue weighted by atomic mass is 35.5. The summed E-state index contributed by atoms with van der Waals surface area (Å²) in [5, 5.41) is 3.14. The summed E-state index contributed by atoms with van der Waals surface area (Å²) in [6.07, 6.45) is 4.69. The van der Waals surface area contributed by atoms with Crippen LogP contribution < -0.4 is 0 Å². The first-order valence-corrected chi connectivity index (χ1v) is 10.4. The molecule has 0 aliphatic carbocycles. The van der Waals surface area contributed by atoms with Crippen molar-refractivity contribution in [2.45, 2.75) is 9.79 Å². The van der Waals surface area contributed by atoms with Crippen molar-refractivity contribution in [2.75, 3.05) is 12.5 Å². The molecule has 1 nitrogen and oxygen atoms in total. The van der Waals surface area contributed by atoms with Crippen molar-refractivity contribution >= 4 is 43.6 Å². The van der Waals surface area contributed by atoms with Gasteiger partial charge in [0.05, 0.1) is 0 Å². The van der Waals surface area contributed by atoms with Gasteiger partial charge in [0.1, 0.15) is 11.2 Å². The monoisotopic (exact) mass is 338 g/mol. The molecule has 1 aliphatic heterocycles. The average Bonchev–Trinajstić information content (AvgIpc) is 3.01. The molecule has 2 heterocycles. The van der Waals surface area contributed by atoms with Crippen molar-refractivity contribution in [1.29, 1.82) is 0 Å². The smallest absolute Gasteiger partial charge is 0.144 e. The Balaban J connectivity index is 2.01. The maximum Gasteiger partial charge on any atom is 0.144 e. The van der Waals surface area contributed by atoms with Crippen molar-refractivity contribution in [1.82, 2.24) is 0 Å². The largest absolute Gasteiger partial charge is 0.455 e. The number of hydrogen-bond acceptors (Lipinski definition) is 1. The van der Waals surface area contributed by atoms with Crippen LogP contribution in [0, 0.1) is 0 Å². The molecule has 0 unspecified atom stereocenters. The number of para-hydroxylation sites is 1. The zero-order chi connectivity index (χ0) is 15.8. The Hall–Kier alpha value is -1.90. The average molecular weight is 339 g/mol. The second-order valence-electron chi connectivity index (χ2n) is 6.38. The number of rotatable bonds is 0. The summed E-state index contributed by atoms with van der Waals surface area (Å²) in [5.41, 5.74) is 4.40. The lowest BCUT2D eigenvalue weighted by Crippen LogP contribution is -1.91. The van der Waals surface area contributed by atoms with Crippen molar-refractivity contribution in [3.05, 3.63) is 59.6 Å². The molecule has 5 rings (SSSR count). The van der Waals surface area contributed by atoms with Gasteiger partial charge in [-0.1, -0.05) is 29.8 Å². The van der Waals surface area contributed by atoms with E-state index in [4.69, 9.17) is 16.0 Å². The van der Waals surface area contributed by atoms with Gasteiger partial charge in [-0.05, 0) is 48.9 Å². The Morgan fingerprint density at radius 2 is 1.65 bits per heavy atom. The molecule has 3 heteroatoms. The standard InChI is InChI=1S/C20H15ClOS/c1-23(2)17-9-7-12(21)11-15(17)19-18(23)10-8-14-13-5-3-4-6-16(13)22-20(14)19/h3-11H,1-2H3. The molecule has 0 saturated carbocycles. The molecule has 0 saturated heterocycles. The van der Waals surface area contributed by atoms with Gasteiger partial charge in [0, 0.05) is 36.7 Å². The third-order valence-electron chi connectivity index (χ3n) is 4.82. The highest BCUT2D eigenvalue weighted by Crippen LogP contribution is 2.68. The third-order valence-corrected chi connectivity index (χ3v) is 7.95. The molecule has 114 valence electrons. The van der Waals surface area contributed by atoms with Crippen LogP contribution in [0.4, 0.5) is 0 Å². The van der Waals surface area contributed by atoms with E-state index in [0.717, 1.165) is 16.2 Å². The topological polar surface area (TPSA) is 13.1 Å². The molecule has 0 atom stereocenters. The van der Waals surface area contributed by atoms with E-state index in [2.05, 4.69) is 48.9 Å². The van der Waals surface area contributed by atoms with Gasteiger partial charge < -0.3 is 4.42 Å². The van der Waals surface area contributed by atoms with Gasteiger partial charge in [-0.3, -0.25) is 0 Å². The molecule has 0 N–H and O–H groups in total. The Bertz CT molecular complexity index is 1110. The lowest BCUT2D eigenvalue weighted by molar-refractivity contribution is 0.669. The highest BCUT2D eigenvalue weighted by Gasteiger charge is 2.34. The molecule has 0 spiro atoms. The summed E-state index contributed by atoms with van der Waals surface area (Å²) in [5.74, 6) is 0. The van der Waals surface area contributed by atoms with Gasteiger partial charge in [-0.15, -0.1) is 0 Å². The van der Waals surface area contributed by atoms with Crippen LogP contribution in [0.2, 0.25) is 5.02 Å². The first-order valence-electron chi connectivity index (χ1n) is 7.55. The zero-order valence-corrected chi connectivity index (χ0v) is 14.5. The summed E-state index contributed by atoms with van der Waals surface area (Å²) in [7, 11) is -1.03. The first-order chi connectivity index (χ1) is 11.1. The maximum atomic E-state index is 6.29. The molecule has 4 aromatic rings. The van der Waals surface area contributed by atoms with E-state index in [1.54, 1.807) is 0 Å². The molecule has 23 heavy (non-hydrogen) atoms. The molecule has 0 bridgehead atoms. The molecule has 1 aromatic heterocycles. The van der Waals surface area contributed by atoms with E-state index in [9.17, 15) is 0 Å². The SMILES string of the molecule is CS1(C)c2ccc(Cl)cc2-c2c1ccc1c2oc2ccccc21. The number of furan rings is 1. The maximum absolute atomic E-state index is 6.29. The molecule has 0 fully saturated rings. The normalized spacial score (nSPS) is 16.5. The number of fused-ring (bicyclic) bond motifs is 7. The fraction of sp³-hybridized carbons (Fsp3) is 0.100. The lowest BCUT2D eigenvalue weighted by Gasteiger charge is -2.27. The summed E-state index contributed by atoms with van der Waals surface area (Å²) in [4.78, 5) is 2.78. The molecular weight excluding hydrogens is 324 g/mol. The quantitative estimate of drug-likeness (QED) is 0.347. The molecule has 3 aromatic carbocycles. The lowest BCUT2D eigenvalue weighted by atomic mass is 10.0. The van der Waals surface area contributed by atoms with E-state index in [1.807, 2.05) is 18.2 Å². The zero-order valence-electron chi connectivity index (χ0n) is 12.9. The minimum Gasteiger partial charge on any atom is -0.455 e. The van der Waals surface area contributed by atoms with Gasteiger partial charge in [-0.25, -0.2) is 0 Å². The fourth-order valence-electron chi connectivity index (χ4n) is 3.71. The summed E-state index contributed by atoms with van der Waals surface area (Å²) >= 11 is 6.29.